The fraction of sp³-hybridized carbons (Fsp3) is 0.500. The van der Waals surface area contributed by atoms with Gasteiger partial charge in [-0.3, -0.25) is 9.59 Å². The Bertz CT molecular complexity index is 1040. The molecule has 9 heteroatoms. The second kappa shape index (κ2) is 11.5. The molecule has 0 saturated carbocycles. The average molecular weight is 485 g/mol. The van der Waals surface area contributed by atoms with Gasteiger partial charge in [0.15, 0.2) is 0 Å². The molecular formula is C26H36N4O5. The first-order valence-corrected chi connectivity index (χ1v) is 11.8. The van der Waals surface area contributed by atoms with Crippen molar-refractivity contribution in [2.45, 2.75) is 26.0 Å². The number of carbonyl (C=O) groups excluding carboxylic acids is 2. The third-order valence-corrected chi connectivity index (χ3v) is 6.26. The maximum atomic E-state index is 13.6. The Morgan fingerprint density at radius 2 is 2.03 bits per heavy atom. The summed E-state index contributed by atoms with van der Waals surface area (Å²) in [6.07, 6.45) is 1.28. The van der Waals surface area contributed by atoms with Crippen LogP contribution in [0.1, 0.15) is 24.2 Å². The molecule has 0 bridgehead atoms. The zero-order valence-electron chi connectivity index (χ0n) is 21.4. The molecule has 1 aliphatic heterocycles. The van der Waals surface area contributed by atoms with Gasteiger partial charge in [0.25, 0.3) is 5.91 Å². The summed E-state index contributed by atoms with van der Waals surface area (Å²) in [5, 5.41) is 9.85. The Hall–Kier alpha value is -3.17. The van der Waals surface area contributed by atoms with E-state index in [0.717, 1.165) is 11.1 Å². The van der Waals surface area contributed by atoms with Crippen molar-refractivity contribution in [1.29, 1.82) is 0 Å². The van der Waals surface area contributed by atoms with E-state index in [9.17, 15) is 14.7 Å². The Labute approximate surface area is 207 Å². The molecule has 1 aliphatic rings. The van der Waals surface area contributed by atoms with Gasteiger partial charge in [0.05, 0.1) is 32.8 Å². The van der Waals surface area contributed by atoms with Crippen LogP contribution in [-0.4, -0.2) is 103 Å². The monoisotopic (exact) mass is 484 g/mol. The lowest BCUT2D eigenvalue weighted by Gasteiger charge is -2.37. The van der Waals surface area contributed by atoms with Crippen LogP contribution in [0.15, 0.2) is 36.5 Å². The van der Waals surface area contributed by atoms with Crippen molar-refractivity contribution < 1.29 is 24.2 Å². The number of likely N-dealkylation sites (N-methyl/N-ethyl adjacent to an activating group) is 2. The normalized spacial score (nSPS) is 18.9. The molecule has 1 aromatic carbocycles. The van der Waals surface area contributed by atoms with Crippen LogP contribution >= 0.6 is 0 Å². The summed E-state index contributed by atoms with van der Waals surface area (Å²) in [5.74, 6) is 0.552. The van der Waals surface area contributed by atoms with E-state index in [2.05, 4.69) is 4.98 Å². The summed E-state index contributed by atoms with van der Waals surface area (Å²) in [6, 6.07) is 8.91. The number of methoxy groups -OCH3 is 1. The molecule has 35 heavy (non-hydrogen) atoms. The minimum atomic E-state index is -0.387. The number of aromatic nitrogens is 1. The summed E-state index contributed by atoms with van der Waals surface area (Å²) >= 11 is 0. The lowest BCUT2D eigenvalue weighted by Crippen LogP contribution is -2.51. The Morgan fingerprint density at radius 1 is 1.29 bits per heavy atom. The number of nitrogens with zero attached hydrogens (tertiary/aromatic N) is 4. The van der Waals surface area contributed by atoms with Crippen LogP contribution in [0.3, 0.4) is 0 Å². The van der Waals surface area contributed by atoms with Crippen LogP contribution in [0.4, 0.5) is 0 Å². The fourth-order valence-corrected chi connectivity index (χ4v) is 4.04. The first kappa shape index (κ1) is 26.4. The highest BCUT2D eigenvalue weighted by Gasteiger charge is 2.34. The summed E-state index contributed by atoms with van der Waals surface area (Å²) in [7, 11) is 7.05. The topological polar surface area (TPSA) is 95.4 Å². The van der Waals surface area contributed by atoms with Crippen LogP contribution in [-0.2, 0) is 4.79 Å². The van der Waals surface area contributed by atoms with Gasteiger partial charge in [-0.25, -0.2) is 4.98 Å². The highest BCUT2D eigenvalue weighted by molar-refractivity contribution is 5.98. The molecule has 9 nitrogen and oxygen atoms in total. The molecule has 0 radical (unpaired) electrons. The van der Waals surface area contributed by atoms with Gasteiger partial charge in [-0.2, -0.15) is 0 Å². The Morgan fingerprint density at radius 3 is 2.69 bits per heavy atom. The maximum absolute atomic E-state index is 13.6. The summed E-state index contributed by atoms with van der Waals surface area (Å²) in [5.41, 5.74) is 1.93. The van der Waals surface area contributed by atoms with Crippen molar-refractivity contribution in [3.8, 4) is 22.8 Å². The van der Waals surface area contributed by atoms with E-state index < -0.39 is 0 Å². The maximum Gasteiger partial charge on any atom is 0.259 e. The number of amides is 2. The molecule has 3 rings (SSSR count). The van der Waals surface area contributed by atoms with Gasteiger partial charge in [0.1, 0.15) is 17.4 Å². The first-order chi connectivity index (χ1) is 16.6. The number of hydrogen-bond donors (Lipinski definition) is 1. The molecular weight excluding hydrogens is 448 g/mol. The van der Waals surface area contributed by atoms with E-state index in [1.807, 2.05) is 57.1 Å². The van der Waals surface area contributed by atoms with Crippen LogP contribution in [0.5, 0.6) is 11.6 Å². The molecule has 0 fully saturated rings. The molecule has 0 unspecified atom stereocenters. The number of pyridine rings is 1. The molecule has 0 aliphatic carbocycles. The highest BCUT2D eigenvalue weighted by atomic mass is 16.5. The summed E-state index contributed by atoms with van der Waals surface area (Å²) < 4.78 is 11.6. The number of fused-ring (bicyclic) bond motifs is 1. The number of benzene rings is 1. The molecule has 3 atom stereocenters. The number of hydrogen-bond acceptors (Lipinski definition) is 7. The van der Waals surface area contributed by atoms with Crippen molar-refractivity contribution in [2.75, 3.05) is 54.5 Å². The fourth-order valence-electron chi connectivity index (χ4n) is 4.04. The zero-order chi connectivity index (χ0) is 25.7. The number of aliphatic hydroxyl groups excluding tert-OH is 1. The van der Waals surface area contributed by atoms with Crippen molar-refractivity contribution in [1.82, 2.24) is 19.7 Å². The number of rotatable bonds is 8. The number of carbonyl (C=O) groups is 2. The number of ether oxygens (including phenoxy) is 2. The van der Waals surface area contributed by atoms with Crippen molar-refractivity contribution >= 4 is 11.8 Å². The summed E-state index contributed by atoms with van der Waals surface area (Å²) in [4.78, 5) is 35.8. The second-order valence-electron chi connectivity index (χ2n) is 9.44. The van der Waals surface area contributed by atoms with E-state index >= 15 is 0 Å². The van der Waals surface area contributed by atoms with Crippen molar-refractivity contribution in [3.05, 3.63) is 42.1 Å². The highest BCUT2D eigenvalue weighted by Crippen LogP contribution is 2.31. The van der Waals surface area contributed by atoms with E-state index in [-0.39, 0.29) is 42.4 Å². The molecule has 0 spiro atoms. The van der Waals surface area contributed by atoms with Crippen molar-refractivity contribution in [2.24, 2.45) is 5.92 Å². The molecule has 2 aromatic rings. The lowest BCUT2D eigenvalue weighted by atomic mass is 9.99. The minimum absolute atomic E-state index is 0.0222. The summed E-state index contributed by atoms with van der Waals surface area (Å²) in [6.45, 7) is 4.65. The third-order valence-electron chi connectivity index (χ3n) is 6.26. The lowest BCUT2D eigenvalue weighted by molar-refractivity contribution is -0.132. The minimum Gasteiger partial charge on any atom is -0.497 e. The van der Waals surface area contributed by atoms with Gasteiger partial charge in [0, 0.05) is 31.3 Å². The van der Waals surface area contributed by atoms with Crippen LogP contribution in [0.25, 0.3) is 11.1 Å². The van der Waals surface area contributed by atoms with Crippen LogP contribution in [0, 0.1) is 5.92 Å². The number of aliphatic hydroxyl groups is 1. The standard InChI is InChI=1S/C26H36N4O5/c1-17-13-30(18(2)16-31)26(33)22-11-20(19-8-7-9-21(10-19)34-6)12-27-25(22)35-23(17)14-29(5)24(32)15-28(3)4/h7-12,17-18,23,31H,13-16H2,1-6H3/t17-,18-,23+/m1/s1. The Kier molecular flexibility index (Phi) is 8.69. The van der Waals surface area contributed by atoms with Gasteiger partial charge in [-0.1, -0.05) is 19.1 Å². The third kappa shape index (κ3) is 6.29. The molecule has 1 aromatic heterocycles. The molecule has 1 N–H and O–H groups in total. The van der Waals surface area contributed by atoms with Crippen molar-refractivity contribution in [3.63, 3.8) is 0 Å². The van der Waals surface area contributed by atoms with Crippen LogP contribution < -0.4 is 9.47 Å². The quantitative estimate of drug-likeness (QED) is 0.612. The zero-order valence-corrected chi connectivity index (χ0v) is 21.4. The van der Waals surface area contributed by atoms with E-state index in [0.29, 0.717) is 30.9 Å². The van der Waals surface area contributed by atoms with Gasteiger partial charge in [-0.15, -0.1) is 0 Å². The molecule has 190 valence electrons. The Balaban J connectivity index is 2.00. The SMILES string of the molecule is COc1cccc(-c2cnc3c(c2)C(=O)N([C@H](C)CO)C[C@@H](C)[C@H](CN(C)C(=O)CN(C)C)O3)c1. The van der Waals surface area contributed by atoms with E-state index in [1.54, 1.807) is 36.2 Å². The van der Waals surface area contributed by atoms with E-state index in [4.69, 9.17) is 9.47 Å². The van der Waals surface area contributed by atoms with Gasteiger partial charge in [0.2, 0.25) is 11.8 Å². The van der Waals surface area contributed by atoms with Gasteiger partial charge < -0.3 is 29.3 Å². The van der Waals surface area contributed by atoms with E-state index in [1.165, 1.54) is 0 Å². The average Bonchev–Trinajstić information content (AvgIpc) is 2.84. The second-order valence-corrected chi connectivity index (χ2v) is 9.44. The van der Waals surface area contributed by atoms with Gasteiger partial charge >= 0.3 is 0 Å². The van der Waals surface area contributed by atoms with Crippen LogP contribution in [0.2, 0.25) is 0 Å². The largest absolute Gasteiger partial charge is 0.497 e. The first-order valence-electron chi connectivity index (χ1n) is 11.8. The molecule has 0 saturated heterocycles. The molecule has 2 heterocycles. The van der Waals surface area contributed by atoms with Gasteiger partial charge in [-0.05, 0) is 44.8 Å². The predicted octanol–water partition coefficient (Wildman–Crippen LogP) is 2.00. The smallest absolute Gasteiger partial charge is 0.259 e. The molecule has 2 amide bonds. The predicted molar refractivity (Wildman–Crippen MR) is 134 cm³/mol.